The maximum absolute atomic E-state index is 14.3. The van der Waals surface area contributed by atoms with E-state index in [-0.39, 0.29) is 47.7 Å². The number of aromatic nitrogens is 1. The molecule has 39 heavy (non-hydrogen) atoms. The van der Waals surface area contributed by atoms with Crippen LogP contribution in [0.1, 0.15) is 33.1 Å². The highest BCUT2D eigenvalue weighted by atomic mass is 32.2. The van der Waals surface area contributed by atoms with E-state index < -0.39 is 15.6 Å². The van der Waals surface area contributed by atoms with E-state index in [2.05, 4.69) is 19.2 Å². The zero-order chi connectivity index (χ0) is 27.7. The molecule has 1 aromatic heterocycles. The van der Waals surface area contributed by atoms with Crippen molar-refractivity contribution in [1.29, 1.82) is 0 Å². The maximum atomic E-state index is 14.3. The fraction of sp³-hybridized carbons (Fsp3) is 0.448. The van der Waals surface area contributed by atoms with Crippen molar-refractivity contribution in [2.45, 2.75) is 50.6 Å². The Bertz CT molecular complexity index is 1530. The highest BCUT2D eigenvalue weighted by Gasteiger charge is 2.32. The van der Waals surface area contributed by atoms with Crippen molar-refractivity contribution in [2.75, 3.05) is 31.1 Å². The number of carbonyl (C=O) groups is 1. The molecule has 1 aliphatic heterocycles. The number of benzene rings is 2. The number of halogens is 1. The number of sulfonamides is 1. The Hall–Kier alpha value is -3.24. The van der Waals surface area contributed by atoms with Gasteiger partial charge in [0.05, 0.1) is 5.69 Å². The highest BCUT2D eigenvalue weighted by molar-refractivity contribution is 7.89. The first-order valence-corrected chi connectivity index (χ1v) is 15.0. The van der Waals surface area contributed by atoms with Gasteiger partial charge in [0, 0.05) is 49.2 Å². The quantitative estimate of drug-likeness (QED) is 0.503. The number of nitrogens with one attached hydrogen (secondary N) is 1. The predicted molar refractivity (Wildman–Crippen MR) is 150 cm³/mol. The summed E-state index contributed by atoms with van der Waals surface area (Å²) in [4.78, 5) is 28.1. The molecular weight excluding hydrogens is 519 g/mol. The van der Waals surface area contributed by atoms with Crippen LogP contribution in [0.15, 0.2) is 64.4 Å². The number of nitrogens with zero attached hydrogens (tertiary/aromatic N) is 3. The number of rotatable bonds is 6. The SMILES string of the molecule is C[C@H]1[C@H](C)CCC[C@H]1NC(=O)Cn1cc(S(=O)(=O)N2CCN(c3ccccc3F)CC2)c2ccccc2c1=O. The molecule has 5 rings (SSSR count). The van der Waals surface area contributed by atoms with Crippen LogP contribution in [0, 0.1) is 17.7 Å². The molecule has 3 atom stereocenters. The van der Waals surface area contributed by atoms with Crippen LogP contribution in [-0.2, 0) is 21.4 Å². The summed E-state index contributed by atoms with van der Waals surface area (Å²) in [5.41, 5.74) is 0.0374. The van der Waals surface area contributed by atoms with Gasteiger partial charge in [-0.05, 0) is 36.5 Å². The fourth-order valence-electron chi connectivity index (χ4n) is 5.84. The van der Waals surface area contributed by atoms with Gasteiger partial charge in [-0.15, -0.1) is 0 Å². The fourth-order valence-corrected chi connectivity index (χ4v) is 7.48. The highest BCUT2D eigenvalue weighted by Crippen LogP contribution is 2.30. The maximum Gasteiger partial charge on any atom is 0.258 e. The van der Waals surface area contributed by atoms with E-state index in [1.165, 1.54) is 21.1 Å². The molecule has 2 aliphatic rings. The minimum Gasteiger partial charge on any atom is -0.367 e. The number of para-hydroxylation sites is 1. The van der Waals surface area contributed by atoms with Crippen LogP contribution in [-0.4, -0.2) is 55.4 Å². The molecule has 2 heterocycles. The van der Waals surface area contributed by atoms with Crippen molar-refractivity contribution in [2.24, 2.45) is 11.8 Å². The average Bonchev–Trinajstić information content (AvgIpc) is 2.93. The second-order valence-corrected chi connectivity index (χ2v) is 12.7. The number of anilines is 1. The Labute approximate surface area is 228 Å². The van der Waals surface area contributed by atoms with Gasteiger partial charge in [-0.25, -0.2) is 12.8 Å². The number of fused-ring (bicyclic) bond motifs is 1. The molecule has 0 unspecified atom stereocenters. The molecule has 10 heteroatoms. The Morgan fingerprint density at radius 3 is 2.36 bits per heavy atom. The van der Waals surface area contributed by atoms with Gasteiger partial charge in [-0.2, -0.15) is 4.31 Å². The summed E-state index contributed by atoms with van der Waals surface area (Å²) in [6, 6.07) is 13.1. The lowest BCUT2D eigenvalue weighted by Crippen LogP contribution is -2.49. The summed E-state index contributed by atoms with van der Waals surface area (Å²) in [5, 5.41) is 3.65. The third kappa shape index (κ3) is 5.45. The van der Waals surface area contributed by atoms with Gasteiger partial charge in [-0.3, -0.25) is 9.59 Å². The van der Waals surface area contributed by atoms with Gasteiger partial charge < -0.3 is 14.8 Å². The molecule has 8 nitrogen and oxygen atoms in total. The van der Waals surface area contributed by atoms with Crippen LogP contribution in [0.3, 0.4) is 0 Å². The van der Waals surface area contributed by atoms with Gasteiger partial charge >= 0.3 is 0 Å². The van der Waals surface area contributed by atoms with E-state index in [9.17, 15) is 22.4 Å². The molecule has 0 radical (unpaired) electrons. The van der Waals surface area contributed by atoms with Crippen LogP contribution in [0.2, 0.25) is 0 Å². The number of amides is 1. The molecule has 208 valence electrons. The monoisotopic (exact) mass is 554 g/mol. The van der Waals surface area contributed by atoms with E-state index in [0.29, 0.717) is 36.0 Å². The minimum atomic E-state index is -4.00. The summed E-state index contributed by atoms with van der Waals surface area (Å²) < 4.78 is 44.6. The van der Waals surface area contributed by atoms with E-state index in [0.717, 1.165) is 19.3 Å². The topological polar surface area (TPSA) is 91.7 Å². The van der Waals surface area contributed by atoms with Crippen molar-refractivity contribution < 1.29 is 17.6 Å². The summed E-state index contributed by atoms with van der Waals surface area (Å²) >= 11 is 0. The van der Waals surface area contributed by atoms with Crippen LogP contribution in [0.4, 0.5) is 10.1 Å². The summed E-state index contributed by atoms with van der Waals surface area (Å²) in [7, 11) is -4.00. The number of hydrogen-bond donors (Lipinski definition) is 1. The van der Waals surface area contributed by atoms with Crippen LogP contribution in [0.5, 0.6) is 0 Å². The van der Waals surface area contributed by atoms with Crippen molar-refractivity contribution in [3.63, 3.8) is 0 Å². The average molecular weight is 555 g/mol. The first-order chi connectivity index (χ1) is 18.7. The Morgan fingerprint density at radius 1 is 0.974 bits per heavy atom. The molecule has 0 bridgehead atoms. The molecule has 3 aromatic rings. The third-order valence-corrected chi connectivity index (χ3v) is 10.3. The lowest BCUT2D eigenvalue weighted by Gasteiger charge is -2.35. The lowest BCUT2D eigenvalue weighted by atomic mass is 9.78. The predicted octanol–water partition coefficient (Wildman–Crippen LogP) is 3.59. The summed E-state index contributed by atoms with van der Waals surface area (Å²) in [6.45, 7) is 5.06. The lowest BCUT2D eigenvalue weighted by molar-refractivity contribution is -0.123. The molecule has 1 saturated heterocycles. The van der Waals surface area contributed by atoms with E-state index in [4.69, 9.17) is 0 Å². The van der Waals surface area contributed by atoms with E-state index in [1.807, 2.05) is 4.90 Å². The van der Waals surface area contributed by atoms with Crippen LogP contribution >= 0.6 is 0 Å². The first kappa shape index (κ1) is 27.3. The first-order valence-electron chi connectivity index (χ1n) is 13.6. The van der Waals surface area contributed by atoms with E-state index in [1.54, 1.807) is 42.5 Å². The molecule has 1 N–H and O–H groups in total. The number of hydrogen-bond acceptors (Lipinski definition) is 5. The van der Waals surface area contributed by atoms with Crippen LogP contribution < -0.4 is 15.8 Å². The van der Waals surface area contributed by atoms with E-state index >= 15 is 0 Å². The van der Waals surface area contributed by atoms with Crippen molar-refractivity contribution in [3.8, 4) is 0 Å². The van der Waals surface area contributed by atoms with Gasteiger partial charge in [0.25, 0.3) is 5.56 Å². The number of piperazine rings is 1. The van der Waals surface area contributed by atoms with Gasteiger partial charge in [-0.1, -0.05) is 57.0 Å². The largest absolute Gasteiger partial charge is 0.367 e. The van der Waals surface area contributed by atoms with Crippen molar-refractivity contribution in [3.05, 3.63) is 70.9 Å². The summed E-state index contributed by atoms with van der Waals surface area (Å²) in [5.74, 6) is 0.181. The molecule has 2 fully saturated rings. The van der Waals surface area contributed by atoms with Gasteiger partial charge in [0.15, 0.2) is 0 Å². The van der Waals surface area contributed by atoms with Gasteiger partial charge in [0.1, 0.15) is 17.3 Å². The second-order valence-electron chi connectivity index (χ2n) is 10.8. The second kappa shape index (κ2) is 11.1. The Morgan fingerprint density at radius 2 is 1.64 bits per heavy atom. The number of carbonyl (C=O) groups excluding carboxylic acids is 1. The van der Waals surface area contributed by atoms with Gasteiger partial charge in [0.2, 0.25) is 15.9 Å². The minimum absolute atomic E-state index is 0.00972. The smallest absolute Gasteiger partial charge is 0.258 e. The normalized spacial score (nSPS) is 22.6. The summed E-state index contributed by atoms with van der Waals surface area (Å²) in [6.07, 6.45) is 4.37. The van der Waals surface area contributed by atoms with Crippen molar-refractivity contribution >= 4 is 32.4 Å². The molecule has 1 aliphatic carbocycles. The molecule has 0 spiro atoms. The standard InChI is InChI=1S/C29H35FN4O4S/c1-20-8-7-12-25(21(20)2)31-28(35)19-33-18-27(22-9-3-4-10-23(22)29(33)36)39(37,38)34-16-14-32(15-17-34)26-13-6-5-11-24(26)30/h3-6,9-11,13,18,20-21,25H,7-8,12,14-17,19H2,1-2H3,(H,31,35)/t20-,21+,25-/m1/s1. The zero-order valence-electron chi connectivity index (χ0n) is 22.3. The van der Waals surface area contributed by atoms with Crippen molar-refractivity contribution in [1.82, 2.24) is 14.2 Å². The van der Waals surface area contributed by atoms with Crippen LogP contribution in [0.25, 0.3) is 10.8 Å². The Kier molecular flexibility index (Phi) is 7.77. The zero-order valence-corrected chi connectivity index (χ0v) is 23.2. The Balaban J connectivity index is 1.41. The molecule has 1 amide bonds. The molecule has 1 saturated carbocycles. The molecule has 2 aromatic carbocycles. The number of pyridine rings is 1. The molecular formula is C29H35FN4O4S. The third-order valence-electron chi connectivity index (χ3n) is 8.37.